The van der Waals surface area contributed by atoms with E-state index in [1.807, 2.05) is 50.2 Å². The fourth-order valence-electron chi connectivity index (χ4n) is 5.54. The maximum absolute atomic E-state index is 12.8. The number of carboxylic acid groups (broad SMARTS) is 1. The molecule has 2 aromatic carbocycles. The number of hydrogen-bond donors (Lipinski definition) is 1. The third kappa shape index (κ3) is 5.03. The average Bonchev–Trinajstić information content (AvgIpc) is 3.21. The van der Waals surface area contributed by atoms with Crippen molar-refractivity contribution in [3.63, 3.8) is 0 Å². The second-order valence-electron chi connectivity index (χ2n) is 10.1. The van der Waals surface area contributed by atoms with E-state index < -0.39 is 11.6 Å². The van der Waals surface area contributed by atoms with Gasteiger partial charge in [-0.2, -0.15) is 0 Å². The molecule has 1 amide bonds. The highest BCUT2D eigenvalue weighted by atomic mass is 16.4. The van der Waals surface area contributed by atoms with Crippen LogP contribution in [0.5, 0.6) is 0 Å². The molecule has 1 aliphatic rings. The van der Waals surface area contributed by atoms with Crippen LogP contribution >= 0.6 is 0 Å². The van der Waals surface area contributed by atoms with Gasteiger partial charge in [-0.1, -0.05) is 30.3 Å². The quantitative estimate of drug-likeness (QED) is 0.376. The molecule has 7 heteroatoms. The van der Waals surface area contributed by atoms with Crippen LogP contribution in [0.15, 0.2) is 56.1 Å². The number of carbonyl (C=O) groups excluding carboxylic acids is 2. The number of aryl methyl sites for hydroxylation is 2. The Morgan fingerprint density at radius 2 is 1.68 bits per heavy atom. The highest BCUT2D eigenvalue weighted by molar-refractivity contribution is 6.03. The molecule has 4 aromatic rings. The summed E-state index contributed by atoms with van der Waals surface area (Å²) in [4.78, 5) is 36.4. The molecule has 5 rings (SSSR count). The van der Waals surface area contributed by atoms with E-state index >= 15 is 0 Å². The number of furan rings is 1. The van der Waals surface area contributed by atoms with Gasteiger partial charge in [0.1, 0.15) is 16.9 Å². The van der Waals surface area contributed by atoms with Gasteiger partial charge in [0.05, 0.1) is 0 Å². The first kappa shape index (κ1) is 24.8. The van der Waals surface area contributed by atoms with Gasteiger partial charge in [-0.15, -0.1) is 0 Å². The molecule has 0 saturated heterocycles. The number of amides is 1. The summed E-state index contributed by atoms with van der Waals surface area (Å²) in [7, 11) is 0. The average molecular weight is 501 g/mol. The van der Waals surface area contributed by atoms with Crippen molar-refractivity contribution in [2.45, 2.75) is 52.4 Å². The molecule has 0 radical (unpaired) electrons. The van der Waals surface area contributed by atoms with Crippen LogP contribution in [0.2, 0.25) is 0 Å². The summed E-state index contributed by atoms with van der Waals surface area (Å²) in [5, 5.41) is 15.7. The van der Waals surface area contributed by atoms with Crippen molar-refractivity contribution in [3.8, 4) is 11.1 Å². The van der Waals surface area contributed by atoms with Gasteiger partial charge in [0.25, 0.3) is 0 Å². The van der Waals surface area contributed by atoms with Crippen molar-refractivity contribution in [2.75, 3.05) is 6.54 Å². The Balaban J connectivity index is 1.33. The maximum atomic E-state index is 12.8. The minimum Gasteiger partial charge on any atom is -0.550 e. The lowest BCUT2D eigenvalue weighted by Crippen LogP contribution is -2.36. The van der Waals surface area contributed by atoms with Gasteiger partial charge in [0.15, 0.2) is 0 Å². The summed E-state index contributed by atoms with van der Waals surface area (Å²) >= 11 is 0. The molecule has 7 nitrogen and oxygen atoms in total. The Hall–Kier alpha value is -3.87. The molecule has 1 aliphatic carbocycles. The van der Waals surface area contributed by atoms with Crippen LogP contribution in [0.4, 0.5) is 0 Å². The molecule has 0 bridgehead atoms. The SMILES string of the molecule is Cc1oc2cc3oc(=O)c(CCC(=O)NCC4CCC(C(=O)[O-])CC4)c(C)c3cc2c1-c1ccccc1. The fraction of sp³-hybridized carbons (Fsp3) is 0.367. The number of rotatable bonds is 7. The topological polar surface area (TPSA) is 113 Å². The first-order chi connectivity index (χ1) is 17.8. The van der Waals surface area contributed by atoms with E-state index in [9.17, 15) is 19.5 Å². The molecule has 2 heterocycles. The Labute approximate surface area is 214 Å². The highest BCUT2D eigenvalue weighted by Gasteiger charge is 2.23. The lowest BCUT2D eigenvalue weighted by atomic mass is 9.82. The summed E-state index contributed by atoms with van der Waals surface area (Å²) in [6, 6.07) is 13.8. The van der Waals surface area contributed by atoms with Crippen molar-refractivity contribution in [3.05, 3.63) is 69.8 Å². The van der Waals surface area contributed by atoms with E-state index in [0.717, 1.165) is 46.1 Å². The molecule has 1 fully saturated rings. The Kier molecular flexibility index (Phi) is 6.87. The smallest absolute Gasteiger partial charge is 0.339 e. The molecule has 0 aliphatic heterocycles. The minimum absolute atomic E-state index is 0.131. The van der Waals surface area contributed by atoms with Gasteiger partial charge in [-0.05, 0) is 75.0 Å². The van der Waals surface area contributed by atoms with Crippen LogP contribution in [0.3, 0.4) is 0 Å². The molecule has 0 unspecified atom stereocenters. The van der Waals surface area contributed by atoms with Crippen molar-refractivity contribution in [1.82, 2.24) is 5.32 Å². The first-order valence-corrected chi connectivity index (χ1v) is 12.8. The molecule has 192 valence electrons. The molecule has 2 aromatic heterocycles. The van der Waals surface area contributed by atoms with E-state index in [1.54, 1.807) is 6.07 Å². The number of aliphatic carboxylic acids is 1. The Morgan fingerprint density at radius 3 is 2.38 bits per heavy atom. The van der Waals surface area contributed by atoms with Crippen molar-refractivity contribution in [1.29, 1.82) is 0 Å². The van der Waals surface area contributed by atoms with Crippen LogP contribution in [0, 0.1) is 25.7 Å². The van der Waals surface area contributed by atoms with Crippen molar-refractivity contribution >= 4 is 33.8 Å². The van der Waals surface area contributed by atoms with Crippen molar-refractivity contribution < 1.29 is 23.5 Å². The molecular weight excluding hydrogens is 470 g/mol. The number of carbonyl (C=O) groups is 2. The predicted octanol–water partition coefficient (Wildman–Crippen LogP) is 4.43. The summed E-state index contributed by atoms with van der Waals surface area (Å²) in [5.74, 6) is -0.425. The van der Waals surface area contributed by atoms with E-state index in [4.69, 9.17) is 8.83 Å². The number of fused-ring (bicyclic) bond motifs is 2. The normalized spacial score (nSPS) is 17.8. The largest absolute Gasteiger partial charge is 0.550 e. The molecule has 0 spiro atoms. The van der Waals surface area contributed by atoms with Gasteiger partial charge >= 0.3 is 5.63 Å². The molecule has 37 heavy (non-hydrogen) atoms. The standard InChI is InChI=1S/C30H31NO6/c1-17-22(12-13-27(32)31-16-19-8-10-21(11-9-19)29(33)34)30(35)37-25-15-26-24(14-23(17)25)28(18(2)36-26)20-6-4-3-5-7-20/h3-7,14-15,19,21H,8-13,16H2,1-2H3,(H,31,32)(H,33,34)/p-1. The van der Waals surface area contributed by atoms with Gasteiger partial charge < -0.3 is 24.1 Å². The number of benzene rings is 2. The summed E-state index contributed by atoms with van der Waals surface area (Å²) in [6.45, 7) is 4.34. The monoisotopic (exact) mass is 500 g/mol. The van der Waals surface area contributed by atoms with Crippen LogP contribution < -0.4 is 16.0 Å². The van der Waals surface area contributed by atoms with Crippen LogP contribution in [-0.4, -0.2) is 18.4 Å². The predicted molar refractivity (Wildman–Crippen MR) is 139 cm³/mol. The zero-order valence-electron chi connectivity index (χ0n) is 21.1. The minimum atomic E-state index is -0.980. The molecule has 1 N–H and O–H groups in total. The van der Waals surface area contributed by atoms with Crippen molar-refractivity contribution in [2.24, 2.45) is 11.8 Å². The van der Waals surface area contributed by atoms with Crippen LogP contribution in [0.25, 0.3) is 33.1 Å². The second kappa shape index (κ2) is 10.2. The zero-order valence-corrected chi connectivity index (χ0v) is 21.1. The van der Waals surface area contributed by atoms with Crippen LogP contribution in [0.1, 0.15) is 49.0 Å². The van der Waals surface area contributed by atoms with Gasteiger partial charge in [0, 0.05) is 46.9 Å². The summed E-state index contributed by atoms with van der Waals surface area (Å²) in [5.41, 5.74) is 4.05. The zero-order chi connectivity index (χ0) is 26.1. The van der Waals surface area contributed by atoms with Gasteiger partial charge in [0.2, 0.25) is 5.91 Å². The third-order valence-corrected chi connectivity index (χ3v) is 7.70. The van der Waals surface area contributed by atoms with E-state index in [2.05, 4.69) is 5.32 Å². The summed E-state index contributed by atoms with van der Waals surface area (Å²) in [6.07, 6.45) is 3.17. The van der Waals surface area contributed by atoms with Gasteiger partial charge in [-0.25, -0.2) is 4.79 Å². The van der Waals surface area contributed by atoms with E-state index in [-0.39, 0.29) is 30.6 Å². The third-order valence-electron chi connectivity index (χ3n) is 7.70. The number of nitrogens with one attached hydrogen (secondary N) is 1. The van der Waals surface area contributed by atoms with Crippen LogP contribution in [-0.2, 0) is 16.0 Å². The number of carboxylic acids is 1. The van der Waals surface area contributed by atoms with E-state index in [0.29, 0.717) is 36.1 Å². The maximum Gasteiger partial charge on any atom is 0.339 e. The van der Waals surface area contributed by atoms with Gasteiger partial charge in [-0.3, -0.25) is 4.79 Å². The number of hydrogen-bond acceptors (Lipinski definition) is 6. The molecule has 1 saturated carbocycles. The van der Waals surface area contributed by atoms with E-state index in [1.165, 1.54) is 0 Å². The first-order valence-electron chi connectivity index (χ1n) is 12.8. The Morgan fingerprint density at radius 1 is 0.973 bits per heavy atom. The fourth-order valence-corrected chi connectivity index (χ4v) is 5.54. The molecular formula is C30H30NO6-. The Bertz CT molecular complexity index is 1520. The lowest BCUT2D eigenvalue weighted by Gasteiger charge is -2.29. The molecule has 0 atom stereocenters. The highest BCUT2D eigenvalue weighted by Crippen LogP contribution is 2.37. The lowest BCUT2D eigenvalue weighted by molar-refractivity contribution is -0.312. The second-order valence-corrected chi connectivity index (χ2v) is 10.1. The summed E-state index contributed by atoms with van der Waals surface area (Å²) < 4.78 is 11.7.